The van der Waals surface area contributed by atoms with Crippen LogP contribution < -0.4 is 40.2 Å². The van der Waals surface area contributed by atoms with Crippen LogP contribution in [0.15, 0.2) is 146 Å². The Morgan fingerprint density at radius 3 is 0.527 bits per heavy atom. The lowest BCUT2D eigenvalue weighted by Gasteiger charge is -2.31. The second-order valence-corrected chi connectivity index (χ2v) is 41.6. The first kappa shape index (κ1) is 102. The molecule has 0 aromatic heterocycles. The maximum absolute atomic E-state index is 13.9. The molecule has 0 aliphatic carbocycles. The topological polar surface area (TPSA) is 339 Å². The van der Waals surface area contributed by atoms with Crippen LogP contribution in [0.2, 0.25) is 0 Å². The van der Waals surface area contributed by atoms with Crippen LogP contribution in [-0.4, -0.2) is 147 Å². The second-order valence-electron chi connectivity index (χ2n) is 41.6. The van der Waals surface area contributed by atoms with Gasteiger partial charge in [0.05, 0.1) is 0 Å². The number of phenolic OH excluding ortho intramolecular Hbond substituents is 4. The number of carbonyl (C=O) groups excluding carboxylic acids is 8. The van der Waals surface area contributed by atoms with Crippen molar-refractivity contribution in [3.63, 3.8) is 0 Å². The molecule has 0 spiro atoms. The number of nitrogens with one attached hydrogen (secondary N) is 4. The van der Waals surface area contributed by atoms with E-state index < -0.39 is 125 Å². The number of benzene rings is 8. The molecule has 696 valence electrons. The van der Waals surface area contributed by atoms with Crippen LogP contribution in [0, 0.1) is 5.41 Å². The molecule has 0 radical (unpaired) electrons. The molecule has 0 bridgehead atoms. The van der Waals surface area contributed by atoms with Crippen LogP contribution in [0.25, 0.3) is 0 Å². The Hall–Kier alpha value is -12.1. The van der Waals surface area contributed by atoms with E-state index in [1.165, 1.54) is 0 Å². The van der Waals surface area contributed by atoms with Gasteiger partial charge in [0.2, 0.25) is 0 Å². The second kappa shape index (κ2) is 42.4. The number of rotatable bonds is 36. The highest BCUT2D eigenvalue weighted by molar-refractivity contribution is 5.97. The third kappa shape index (κ3) is 30.0. The SMILES string of the molecule is CC(C)(C)c1cc(C(=O)NCCc2ccc(OCC(=O)OCC(COC(=O)COc3ccc(CCNC(=O)c4cc(C(C)(C)C)c(O)c(C(C)(C)C)c4)cc3)(COC(=O)COc3ccc(CCNC(=O)c4cc(C(C)(C)C)c(O)c(C(C)(C)C)c4)cc3)COC(=O)COc3ccc(CCNC(=O)c4cc(C(C)(C)C)c(O)c(C(C)(C)C)c4)cc3)cc2)cc(C(C)(C)C)c1O. The lowest BCUT2D eigenvalue weighted by molar-refractivity contribution is -0.173. The number of esters is 4. The zero-order chi connectivity index (χ0) is 95.7. The molecule has 0 aliphatic heterocycles. The summed E-state index contributed by atoms with van der Waals surface area (Å²) in [6.45, 7) is 43.3. The zero-order valence-electron chi connectivity index (χ0n) is 80.0. The molecule has 8 aromatic rings. The van der Waals surface area contributed by atoms with E-state index in [0.29, 0.717) is 92.4 Å². The number of phenols is 4. The van der Waals surface area contributed by atoms with Crippen molar-refractivity contribution >= 4 is 47.5 Å². The number of ether oxygens (including phenoxy) is 8. The first-order valence-corrected chi connectivity index (χ1v) is 44.0. The maximum Gasteiger partial charge on any atom is 0.344 e. The van der Waals surface area contributed by atoms with Crippen molar-refractivity contribution in [1.29, 1.82) is 0 Å². The first-order chi connectivity index (χ1) is 59.9. The van der Waals surface area contributed by atoms with Gasteiger partial charge in [-0.15, -0.1) is 0 Å². The van der Waals surface area contributed by atoms with E-state index in [-0.39, 0.29) is 95.8 Å². The lowest BCUT2D eigenvalue weighted by Crippen LogP contribution is -2.45. The minimum absolute atomic E-state index is 0.171. The third-order valence-corrected chi connectivity index (χ3v) is 22.0. The largest absolute Gasteiger partial charge is 0.507 e. The summed E-state index contributed by atoms with van der Waals surface area (Å²) < 4.78 is 47.0. The number of aromatic hydroxyl groups is 4. The Kier molecular flexibility index (Phi) is 33.7. The van der Waals surface area contributed by atoms with Crippen molar-refractivity contribution in [2.45, 2.75) is 235 Å². The molecule has 0 fully saturated rings. The van der Waals surface area contributed by atoms with E-state index in [4.69, 9.17) is 37.9 Å². The quantitative estimate of drug-likeness (QED) is 0.0134. The van der Waals surface area contributed by atoms with E-state index >= 15 is 0 Å². The van der Waals surface area contributed by atoms with Gasteiger partial charge < -0.3 is 79.6 Å². The highest BCUT2D eigenvalue weighted by atomic mass is 16.6. The summed E-state index contributed by atoms with van der Waals surface area (Å²) in [5, 5.41) is 57.0. The predicted octanol–water partition coefficient (Wildman–Crippen LogP) is 17.6. The van der Waals surface area contributed by atoms with Gasteiger partial charge in [-0.1, -0.05) is 215 Å². The van der Waals surface area contributed by atoms with Crippen LogP contribution in [-0.2, 0) is 107 Å². The average molecular weight is 1770 g/mol. The van der Waals surface area contributed by atoms with Crippen LogP contribution >= 0.6 is 0 Å². The van der Waals surface area contributed by atoms with Gasteiger partial charge in [0.25, 0.3) is 23.6 Å². The van der Waals surface area contributed by atoms with Gasteiger partial charge in [-0.2, -0.15) is 0 Å². The van der Waals surface area contributed by atoms with Crippen molar-refractivity contribution in [2.75, 3.05) is 79.0 Å². The standard InChI is InChI=1S/C105H136N4O20/c1-97(2,3)77-49-69(50-78(89(77)114)98(4,5)6)93(118)106-45-41-65-25-33-73(34-26-65)122-57-85(110)126-61-105(62-127-86(111)58-123-74-35-27-66(28-36-74)42-46-107-94(119)70-51-79(99(7,8)9)90(115)80(52-70)100(10,11)12,63-128-87(112)59-124-75-37-29-67(30-38-75)43-47-108-95(120)71-53-81(101(13,14)15)91(116)82(54-71)102(16,17)18)64-129-88(113)60-125-76-39-31-68(32-40-76)44-48-109-96(121)72-55-83(103(19,20)21)92(117)84(56-72)104(22,23)24/h25-40,49-56,114-117H,41-48,57-64H2,1-24H3,(H,106,118)(H,107,119)(H,108,120)(H,109,121). The summed E-state index contributed by atoms with van der Waals surface area (Å²) in [4.78, 5) is 110. The van der Waals surface area contributed by atoms with Crippen LogP contribution in [0.4, 0.5) is 0 Å². The van der Waals surface area contributed by atoms with E-state index in [2.05, 4.69) is 21.3 Å². The number of carbonyl (C=O) groups is 8. The summed E-state index contributed by atoms with van der Waals surface area (Å²) in [6, 6.07) is 41.2. The van der Waals surface area contributed by atoms with Crippen molar-refractivity contribution in [3.05, 3.63) is 235 Å². The Morgan fingerprint density at radius 1 is 0.240 bits per heavy atom. The molecule has 129 heavy (non-hydrogen) atoms. The third-order valence-electron chi connectivity index (χ3n) is 22.0. The van der Waals surface area contributed by atoms with Gasteiger partial charge in [0.1, 0.15) is 77.8 Å². The van der Waals surface area contributed by atoms with Crippen LogP contribution in [0.5, 0.6) is 46.0 Å². The molecule has 8 N–H and O–H groups in total. The Balaban J connectivity index is 0.967. The molecular weight excluding hydrogens is 1640 g/mol. The molecule has 0 atom stereocenters. The number of amides is 4. The Bertz CT molecular complexity index is 4470. The fourth-order valence-electron chi connectivity index (χ4n) is 14.3. The first-order valence-electron chi connectivity index (χ1n) is 44.0. The van der Waals surface area contributed by atoms with Crippen molar-refractivity contribution in [3.8, 4) is 46.0 Å². The molecule has 8 aromatic carbocycles. The predicted molar refractivity (Wildman–Crippen MR) is 500 cm³/mol. The Labute approximate surface area is 761 Å². The number of hydrogen-bond donors (Lipinski definition) is 8. The number of hydrogen-bond acceptors (Lipinski definition) is 20. The van der Waals surface area contributed by atoms with E-state index in [1.54, 1.807) is 146 Å². The zero-order valence-corrected chi connectivity index (χ0v) is 80.0. The summed E-state index contributed by atoms with van der Waals surface area (Å²) in [6.07, 6.45) is 1.76. The average Bonchev–Trinajstić information content (AvgIpc) is 0.789. The van der Waals surface area contributed by atoms with E-state index in [1.807, 2.05) is 166 Å². The highest BCUT2D eigenvalue weighted by Gasteiger charge is 2.40. The summed E-state index contributed by atoms with van der Waals surface area (Å²) in [7, 11) is 0. The minimum atomic E-state index is -1.84. The van der Waals surface area contributed by atoms with E-state index in [9.17, 15) is 58.8 Å². The molecule has 0 saturated carbocycles. The van der Waals surface area contributed by atoms with Crippen molar-refractivity contribution < 1.29 is 96.7 Å². The van der Waals surface area contributed by atoms with Gasteiger partial charge in [-0.05, 0) is 188 Å². The fourth-order valence-corrected chi connectivity index (χ4v) is 14.3. The molecule has 0 unspecified atom stereocenters. The Morgan fingerprint density at radius 2 is 0.388 bits per heavy atom. The van der Waals surface area contributed by atoms with Crippen molar-refractivity contribution in [2.24, 2.45) is 5.41 Å². The van der Waals surface area contributed by atoms with Gasteiger partial charge in [-0.25, -0.2) is 19.2 Å². The lowest BCUT2D eigenvalue weighted by atomic mass is 9.78. The molecule has 0 aliphatic rings. The molecule has 8 rings (SSSR count). The van der Waals surface area contributed by atoms with Crippen LogP contribution in [0.3, 0.4) is 0 Å². The molecular formula is C105H136N4O20. The maximum atomic E-state index is 13.9. The fraction of sp³-hybridized carbons (Fsp3) is 0.467. The van der Waals surface area contributed by atoms with Crippen LogP contribution in [0.1, 0.15) is 274 Å². The van der Waals surface area contributed by atoms with Gasteiger partial charge in [0, 0.05) is 92.9 Å². The normalized spacial score (nSPS) is 12.3. The molecule has 24 heteroatoms. The van der Waals surface area contributed by atoms with Gasteiger partial charge >= 0.3 is 23.9 Å². The van der Waals surface area contributed by atoms with Gasteiger partial charge in [0.15, 0.2) is 26.4 Å². The highest BCUT2D eigenvalue weighted by Crippen LogP contribution is 2.45. The molecule has 24 nitrogen and oxygen atoms in total. The van der Waals surface area contributed by atoms with Gasteiger partial charge in [-0.3, -0.25) is 19.2 Å². The molecule has 0 heterocycles. The summed E-state index contributed by atoms with van der Waals surface area (Å²) in [5.41, 5.74) is 5.07. The molecule has 0 saturated heterocycles. The van der Waals surface area contributed by atoms with E-state index in [0.717, 1.165) is 22.3 Å². The minimum Gasteiger partial charge on any atom is -0.507 e. The smallest absolute Gasteiger partial charge is 0.344 e. The molecule has 4 amide bonds. The van der Waals surface area contributed by atoms with Crippen molar-refractivity contribution in [1.82, 2.24) is 21.3 Å². The summed E-state index contributed by atoms with van der Waals surface area (Å²) in [5.74, 6) is -3.03. The monoisotopic (exact) mass is 1770 g/mol. The summed E-state index contributed by atoms with van der Waals surface area (Å²) >= 11 is 0.